The Bertz CT molecular complexity index is 613. The summed E-state index contributed by atoms with van der Waals surface area (Å²) in [6.45, 7) is 2.14. The summed E-state index contributed by atoms with van der Waals surface area (Å²) in [6.07, 6.45) is 4.20. The highest BCUT2D eigenvalue weighted by molar-refractivity contribution is 6.03. The van der Waals surface area contributed by atoms with Gasteiger partial charge in [-0.25, -0.2) is 4.68 Å². The Morgan fingerprint density at radius 2 is 2.05 bits per heavy atom. The molecule has 1 aromatic heterocycles. The van der Waals surface area contributed by atoms with Crippen molar-refractivity contribution in [1.29, 1.82) is 0 Å². The molecule has 1 saturated carbocycles. The maximum absolute atomic E-state index is 12.2. The van der Waals surface area contributed by atoms with Crippen molar-refractivity contribution >= 4 is 17.4 Å². The van der Waals surface area contributed by atoms with Gasteiger partial charge in [-0.15, -0.1) is 0 Å². The van der Waals surface area contributed by atoms with E-state index in [-0.39, 0.29) is 5.91 Å². The number of nitrogens with one attached hydrogen (secondary N) is 1. The summed E-state index contributed by atoms with van der Waals surface area (Å²) in [5, 5.41) is 7.23. The fraction of sp³-hybridized carbons (Fsp3) is 0.333. The molecule has 20 heavy (non-hydrogen) atoms. The second-order valence-corrected chi connectivity index (χ2v) is 5.32. The molecule has 0 spiro atoms. The zero-order chi connectivity index (χ0) is 14.1. The van der Waals surface area contributed by atoms with Gasteiger partial charge in [0.15, 0.2) is 0 Å². The number of nitrogens with two attached hydrogens (primary N) is 1. The van der Waals surface area contributed by atoms with E-state index >= 15 is 0 Å². The van der Waals surface area contributed by atoms with Gasteiger partial charge >= 0.3 is 0 Å². The molecule has 1 aliphatic carbocycles. The summed E-state index contributed by atoms with van der Waals surface area (Å²) in [5.74, 6) is 1.28. The Balaban J connectivity index is 1.76. The van der Waals surface area contributed by atoms with E-state index in [1.54, 1.807) is 30.5 Å². The first kappa shape index (κ1) is 12.7. The molecule has 1 aliphatic rings. The third-order valence-electron chi connectivity index (χ3n) is 3.77. The highest BCUT2D eigenvalue weighted by Gasteiger charge is 2.30. The molecule has 1 aromatic carbocycles. The summed E-state index contributed by atoms with van der Waals surface area (Å²) < 4.78 is 1.90. The predicted octanol–water partition coefficient (Wildman–Crippen LogP) is 2.69. The summed E-state index contributed by atoms with van der Waals surface area (Å²) >= 11 is 0. The molecule has 5 nitrogen and oxygen atoms in total. The number of carbonyl (C=O) groups excluding carboxylic acids is 1. The zero-order valence-electron chi connectivity index (χ0n) is 11.4. The molecule has 1 heterocycles. The van der Waals surface area contributed by atoms with Crippen LogP contribution in [0.2, 0.25) is 0 Å². The van der Waals surface area contributed by atoms with Crippen molar-refractivity contribution < 1.29 is 4.79 Å². The monoisotopic (exact) mass is 270 g/mol. The van der Waals surface area contributed by atoms with Gasteiger partial charge < -0.3 is 11.1 Å². The van der Waals surface area contributed by atoms with Crippen molar-refractivity contribution in [2.75, 3.05) is 11.1 Å². The number of nitrogens with zero attached hydrogens (tertiary/aromatic N) is 2. The second kappa shape index (κ2) is 5.00. The maximum atomic E-state index is 12.2. The molecule has 104 valence electrons. The Morgan fingerprint density at radius 3 is 2.70 bits per heavy atom. The number of benzene rings is 1. The molecule has 2 aromatic rings. The number of rotatable bonds is 4. The van der Waals surface area contributed by atoms with Crippen LogP contribution in [0.3, 0.4) is 0 Å². The van der Waals surface area contributed by atoms with E-state index in [1.807, 2.05) is 10.7 Å². The summed E-state index contributed by atoms with van der Waals surface area (Å²) in [5.41, 5.74) is 6.86. The van der Waals surface area contributed by atoms with Crippen LogP contribution in [0.15, 0.2) is 36.5 Å². The molecule has 1 amide bonds. The zero-order valence-corrected chi connectivity index (χ0v) is 11.4. The van der Waals surface area contributed by atoms with Crippen LogP contribution in [-0.2, 0) is 0 Å². The van der Waals surface area contributed by atoms with E-state index in [4.69, 9.17) is 5.73 Å². The van der Waals surface area contributed by atoms with Crippen LogP contribution in [0.5, 0.6) is 0 Å². The number of hydrogen-bond acceptors (Lipinski definition) is 3. The van der Waals surface area contributed by atoms with Crippen LogP contribution in [0.1, 0.15) is 36.2 Å². The summed E-state index contributed by atoms with van der Waals surface area (Å²) in [6, 6.07) is 9.03. The van der Waals surface area contributed by atoms with Gasteiger partial charge in [-0.05, 0) is 49.9 Å². The lowest BCUT2D eigenvalue weighted by molar-refractivity contribution is 0.102. The quantitative estimate of drug-likeness (QED) is 0.839. The third-order valence-corrected chi connectivity index (χ3v) is 3.77. The van der Waals surface area contributed by atoms with Crippen molar-refractivity contribution in [2.24, 2.45) is 5.92 Å². The predicted molar refractivity (Wildman–Crippen MR) is 78.5 cm³/mol. The number of aromatic nitrogens is 2. The minimum atomic E-state index is -0.144. The van der Waals surface area contributed by atoms with Crippen molar-refractivity contribution in [2.45, 2.75) is 25.8 Å². The molecule has 1 fully saturated rings. The first-order valence-electron chi connectivity index (χ1n) is 6.85. The van der Waals surface area contributed by atoms with Crippen molar-refractivity contribution in [3.8, 4) is 0 Å². The Hall–Kier alpha value is -2.30. The van der Waals surface area contributed by atoms with Gasteiger partial charge in [-0.3, -0.25) is 4.79 Å². The Morgan fingerprint density at radius 1 is 1.35 bits per heavy atom. The largest absolute Gasteiger partial charge is 0.399 e. The van der Waals surface area contributed by atoms with E-state index in [9.17, 15) is 4.79 Å². The smallest absolute Gasteiger partial charge is 0.256 e. The maximum Gasteiger partial charge on any atom is 0.256 e. The standard InChI is InChI=1S/C15H18N4O/c1-10(11-2-3-11)19-14(8-9-17-19)18-15(20)12-4-6-13(16)7-5-12/h4-11H,2-3,16H2,1H3,(H,18,20). The molecule has 3 rings (SSSR count). The lowest BCUT2D eigenvalue weighted by Crippen LogP contribution is -2.18. The molecule has 1 atom stereocenters. The SMILES string of the molecule is CC(C1CC1)n1nccc1NC(=O)c1ccc(N)cc1. The van der Waals surface area contributed by atoms with E-state index in [0.717, 1.165) is 5.82 Å². The highest BCUT2D eigenvalue weighted by Crippen LogP contribution is 2.40. The van der Waals surface area contributed by atoms with Gasteiger partial charge in [0, 0.05) is 17.3 Å². The molecule has 3 N–H and O–H groups in total. The third kappa shape index (κ3) is 2.52. The van der Waals surface area contributed by atoms with Crippen molar-refractivity contribution in [3.63, 3.8) is 0 Å². The van der Waals surface area contributed by atoms with Gasteiger partial charge in [-0.2, -0.15) is 5.10 Å². The minimum Gasteiger partial charge on any atom is -0.399 e. The van der Waals surface area contributed by atoms with Crippen LogP contribution < -0.4 is 11.1 Å². The fourth-order valence-corrected chi connectivity index (χ4v) is 2.34. The van der Waals surface area contributed by atoms with Gasteiger partial charge in [0.2, 0.25) is 0 Å². The Kier molecular flexibility index (Phi) is 3.18. The number of nitrogen functional groups attached to an aromatic ring is 1. The number of amides is 1. The number of anilines is 2. The lowest BCUT2D eigenvalue weighted by Gasteiger charge is -2.15. The normalized spacial score (nSPS) is 15.8. The fourth-order valence-electron chi connectivity index (χ4n) is 2.34. The Labute approximate surface area is 117 Å². The molecular formula is C15H18N4O. The van der Waals surface area contributed by atoms with Gasteiger partial charge in [0.1, 0.15) is 5.82 Å². The molecule has 0 bridgehead atoms. The van der Waals surface area contributed by atoms with Crippen LogP contribution in [0.25, 0.3) is 0 Å². The number of hydrogen-bond donors (Lipinski definition) is 2. The highest BCUT2D eigenvalue weighted by atomic mass is 16.1. The van der Waals surface area contributed by atoms with Gasteiger partial charge in [0.05, 0.1) is 12.2 Å². The van der Waals surface area contributed by atoms with Crippen LogP contribution in [0.4, 0.5) is 11.5 Å². The summed E-state index contributed by atoms with van der Waals surface area (Å²) in [7, 11) is 0. The molecule has 5 heteroatoms. The van der Waals surface area contributed by atoms with Gasteiger partial charge in [0.25, 0.3) is 5.91 Å². The van der Waals surface area contributed by atoms with E-state index in [0.29, 0.717) is 23.2 Å². The van der Waals surface area contributed by atoms with Crippen molar-refractivity contribution in [1.82, 2.24) is 9.78 Å². The van der Waals surface area contributed by atoms with E-state index < -0.39 is 0 Å². The average Bonchev–Trinajstić information content (AvgIpc) is 3.19. The minimum absolute atomic E-state index is 0.144. The lowest BCUT2D eigenvalue weighted by atomic mass is 10.2. The van der Waals surface area contributed by atoms with Crippen LogP contribution in [0, 0.1) is 5.92 Å². The average molecular weight is 270 g/mol. The molecule has 1 unspecified atom stereocenters. The number of carbonyl (C=O) groups is 1. The topological polar surface area (TPSA) is 72.9 Å². The summed E-state index contributed by atoms with van der Waals surface area (Å²) in [4.78, 5) is 12.2. The van der Waals surface area contributed by atoms with Crippen LogP contribution >= 0.6 is 0 Å². The first-order valence-corrected chi connectivity index (χ1v) is 6.85. The van der Waals surface area contributed by atoms with E-state index in [2.05, 4.69) is 17.3 Å². The molecule has 0 saturated heterocycles. The van der Waals surface area contributed by atoms with Crippen LogP contribution in [-0.4, -0.2) is 15.7 Å². The van der Waals surface area contributed by atoms with Crippen molar-refractivity contribution in [3.05, 3.63) is 42.1 Å². The van der Waals surface area contributed by atoms with Gasteiger partial charge in [-0.1, -0.05) is 0 Å². The molecule has 0 radical (unpaired) electrons. The van der Waals surface area contributed by atoms with E-state index in [1.165, 1.54) is 12.8 Å². The first-order chi connectivity index (χ1) is 9.65. The molecule has 0 aliphatic heterocycles. The second-order valence-electron chi connectivity index (χ2n) is 5.32. The molecular weight excluding hydrogens is 252 g/mol.